The second-order valence-corrected chi connectivity index (χ2v) is 5.26. The van der Waals surface area contributed by atoms with Crippen LogP contribution >= 0.6 is 0 Å². The van der Waals surface area contributed by atoms with Crippen molar-refractivity contribution in [2.24, 2.45) is 0 Å². The summed E-state index contributed by atoms with van der Waals surface area (Å²) in [6.07, 6.45) is 2.09. The summed E-state index contributed by atoms with van der Waals surface area (Å²) < 4.78 is 0. The molecular weight excluding hydrogens is 328 g/mol. The molecular formula is C15H20N6O4. The minimum absolute atomic E-state index is 0.0367. The van der Waals surface area contributed by atoms with Crippen LogP contribution in [0.3, 0.4) is 0 Å². The van der Waals surface area contributed by atoms with Gasteiger partial charge in [-0.3, -0.25) is 14.4 Å². The molecule has 2 aromatic heterocycles. The number of hydrogen-bond donors (Lipinski definition) is 3. The lowest BCUT2D eigenvalue weighted by atomic mass is 10.1. The highest BCUT2D eigenvalue weighted by Gasteiger charge is 2.24. The van der Waals surface area contributed by atoms with Crippen LogP contribution in [0.4, 0.5) is 5.95 Å². The Bertz CT molecular complexity index is 750. The van der Waals surface area contributed by atoms with Crippen LogP contribution in [0.2, 0.25) is 0 Å². The highest BCUT2D eigenvalue weighted by molar-refractivity contribution is 5.95. The number of rotatable bonds is 3. The molecule has 1 fully saturated rings. The summed E-state index contributed by atoms with van der Waals surface area (Å²) in [4.78, 5) is 43.1. The molecule has 0 unspecified atom stereocenters. The smallest absolute Gasteiger partial charge is 0.290 e. The van der Waals surface area contributed by atoms with Crippen LogP contribution in [-0.4, -0.2) is 68.7 Å². The summed E-state index contributed by atoms with van der Waals surface area (Å²) in [5.41, 5.74) is 1.09. The summed E-state index contributed by atoms with van der Waals surface area (Å²) in [6, 6.07) is 3.01. The van der Waals surface area contributed by atoms with Crippen LogP contribution in [-0.2, 0) is 11.2 Å². The number of nitrogens with one attached hydrogen (secondary N) is 2. The second-order valence-electron chi connectivity index (χ2n) is 5.26. The summed E-state index contributed by atoms with van der Waals surface area (Å²) in [6.45, 7) is 4.30. The molecule has 10 heteroatoms. The number of hydrogen-bond acceptors (Lipinski definition) is 6. The summed E-state index contributed by atoms with van der Waals surface area (Å²) in [7, 11) is 0. The number of piperazine rings is 1. The largest absolute Gasteiger partial charge is 0.483 e. The van der Waals surface area contributed by atoms with Gasteiger partial charge >= 0.3 is 0 Å². The summed E-state index contributed by atoms with van der Waals surface area (Å²) in [5, 5.41) is 13.6. The number of aromatic amines is 2. The van der Waals surface area contributed by atoms with Crippen molar-refractivity contribution in [2.75, 3.05) is 31.1 Å². The first-order valence-corrected chi connectivity index (χ1v) is 7.80. The van der Waals surface area contributed by atoms with E-state index in [1.165, 1.54) is 12.4 Å². The van der Waals surface area contributed by atoms with Gasteiger partial charge in [0.15, 0.2) is 0 Å². The lowest BCUT2D eigenvalue weighted by Gasteiger charge is -2.34. The number of aromatic nitrogens is 4. The van der Waals surface area contributed by atoms with Gasteiger partial charge in [-0.2, -0.15) is 10.1 Å². The Hall–Kier alpha value is -3.17. The molecule has 134 valence electrons. The van der Waals surface area contributed by atoms with Crippen molar-refractivity contribution in [1.82, 2.24) is 25.1 Å². The van der Waals surface area contributed by atoms with Gasteiger partial charge in [0.25, 0.3) is 12.4 Å². The number of carbonyl (C=O) groups excluding carboxylic acids is 1. The molecule has 0 bridgehead atoms. The molecule has 1 aliphatic heterocycles. The first-order valence-electron chi connectivity index (χ1n) is 7.80. The van der Waals surface area contributed by atoms with Crippen LogP contribution < -0.4 is 10.5 Å². The van der Waals surface area contributed by atoms with Crippen molar-refractivity contribution in [2.45, 2.75) is 13.3 Å². The van der Waals surface area contributed by atoms with Crippen LogP contribution in [0.5, 0.6) is 0 Å². The highest BCUT2D eigenvalue weighted by atomic mass is 16.3. The third-order valence-corrected chi connectivity index (χ3v) is 3.85. The van der Waals surface area contributed by atoms with Crippen molar-refractivity contribution in [3.05, 3.63) is 40.1 Å². The Kier molecular flexibility index (Phi) is 6.26. The minimum atomic E-state index is -0.250. The Morgan fingerprint density at radius 2 is 2.00 bits per heavy atom. The third-order valence-electron chi connectivity index (χ3n) is 3.85. The number of carbonyl (C=O) groups is 2. The van der Waals surface area contributed by atoms with Gasteiger partial charge in [-0.15, -0.1) is 0 Å². The van der Waals surface area contributed by atoms with Crippen LogP contribution in [0.25, 0.3) is 0 Å². The molecule has 3 rings (SSSR count). The maximum absolute atomic E-state index is 12.6. The van der Waals surface area contributed by atoms with Crippen LogP contribution in [0.15, 0.2) is 23.3 Å². The molecule has 1 saturated heterocycles. The average molecular weight is 348 g/mol. The Labute approximate surface area is 143 Å². The number of nitrogens with zero attached hydrogens (tertiary/aromatic N) is 4. The molecule has 0 aromatic carbocycles. The maximum Gasteiger partial charge on any atom is 0.290 e. The number of anilines is 1. The van der Waals surface area contributed by atoms with Crippen molar-refractivity contribution < 1.29 is 14.7 Å². The molecule has 0 saturated carbocycles. The molecule has 2 aromatic rings. The molecule has 10 nitrogen and oxygen atoms in total. The topological polar surface area (TPSA) is 135 Å². The monoisotopic (exact) mass is 348 g/mol. The van der Waals surface area contributed by atoms with Gasteiger partial charge < -0.3 is 19.9 Å². The van der Waals surface area contributed by atoms with Crippen LogP contribution in [0.1, 0.15) is 23.0 Å². The Morgan fingerprint density at radius 1 is 1.32 bits per heavy atom. The zero-order valence-electron chi connectivity index (χ0n) is 13.8. The standard InChI is InChI=1S/C14H18N6O2.CH2O2/c1-2-11-10(3-4-12(21)17-11)13(22)19-5-7-20(8-6-19)14-15-9-16-18-14;2-1-3/h3-4,9H,2,5-8H2,1H3,(H,17,21)(H,15,16,18);1H,(H,2,3). The lowest BCUT2D eigenvalue weighted by Crippen LogP contribution is -2.49. The van der Waals surface area contributed by atoms with E-state index in [2.05, 4.69) is 25.1 Å². The fourth-order valence-electron chi connectivity index (χ4n) is 2.64. The van der Waals surface area contributed by atoms with Gasteiger partial charge in [0, 0.05) is 37.9 Å². The fraction of sp³-hybridized carbons (Fsp3) is 0.400. The molecule has 0 atom stereocenters. The van der Waals surface area contributed by atoms with E-state index in [0.717, 1.165) is 5.95 Å². The number of aryl methyl sites for hydroxylation is 1. The predicted molar refractivity (Wildman–Crippen MR) is 89.6 cm³/mol. The highest BCUT2D eigenvalue weighted by Crippen LogP contribution is 2.13. The van der Waals surface area contributed by atoms with Crippen molar-refractivity contribution in [1.29, 1.82) is 0 Å². The van der Waals surface area contributed by atoms with E-state index in [9.17, 15) is 9.59 Å². The average Bonchev–Trinajstić information content (AvgIpc) is 3.16. The number of carboxylic acid groups (broad SMARTS) is 1. The van der Waals surface area contributed by atoms with Crippen molar-refractivity contribution in [3.8, 4) is 0 Å². The molecule has 1 amide bonds. The van der Waals surface area contributed by atoms with E-state index in [4.69, 9.17) is 9.90 Å². The maximum atomic E-state index is 12.6. The van der Waals surface area contributed by atoms with Gasteiger partial charge in [-0.05, 0) is 12.5 Å². The molecule has 3 heterocycles. The van der Waals surface area contributed by atoms with Crippen LogP contribution in [0, 0.1) is 0 Å². The predicted octanol–water partition coefficient (Wildman–Crippen LogP) is -0.281. The van der Waals surface area contributed by atoms with Crippen molar-refractivity contribution >= 4 is 18.3 Å². The number of pyridine rings is 1. The third kappa shape index (κ3) is 4.43. The second kappa shape index (κ2) is 8.62. The minimum Gasteiger partial charge on any atom is -0.483 e. The molecule has 0 radical (unpaired) electrons. The van der Waals surface area contributed by atoms with E-state index in [1.807, 2.05) is 6.92 Å². The van der Waals surface area contributed by atoms with E-state index in [1.54, 1.807) is 11.0 Å². The number of H-pyrrole nitrogens is 2. The first-order chi connectivity index (χ1) is 12.1. The molecule has 1 aliphatic rings. The SMILES string of the molecule is CCc1[nH]c(=O)ccc1C(=O)N1CCN(c2ncn[nH]2)CC1.O=CO. The van der Waals surface area contributed by atoms with E-state index in [-0.39, 0.29) is 17.9 Å². The van der Waals surface area contributed by atoms with Gasteiger partial charge in [-0.1, -0.05) is 6.92 Å². The Balaban J connectivity index is 0.000000701. The zero-order chi connectivity index (χ0) is 18.2. The molecule has 3 N–H and O–H groups in total. The van der Waals surface area contributed by atoms with Gasteiger partial charge in [0.1, 0.15) is 6.33 Å². The van der Waals surface area contributed by atoms with Gasteiger partial charge in [0.2, 0.25) is 11.5 Å². The quantitative estimate of drug-likeness (QED) is 0.649. The normalized spacial score (nSPS) is 13.8. The van der Waals surface area contributed by atoms with Gasteiger partial charge in [-0.25, -0.2) is 5.10 Å². The lowest BCUT2D eigenvalue weighted by molar-refractivity contribution is -0.122. The summed E-state index contributed by atoms with van der Waals surface area (Å²) in [5.74, 6) is 0.690. The molecule has 25 heavy (non-hydrogen) atoms. The Morgan fingerprint density at radius 3 is 2.56 bits per heavy atom. The zero-order valence-corrected chi connectivity index (χ0v) is 13.8. The van der Waals surface area contributed by atoms with E-state index in [0.29, 0.717) is 43.9 Å². The number of amides is 1. The first kappa shape index (κ1) is 18.2. The fourth-order valence-corrected chi connectivity index (χ4v) is 2.64. The molecule has 0 aliphatic carbocycles. The van der Waals surface area contributed by atoms with Crippen molar-refractivity contribution in [3.63, 3.8) is 0 Å². The van der Waals surface area contributed by atoms with Gasteiger partial charge in [0.05, 0.1) is 5.56 Å². The van der Waals surface area contributed by atoms with E-state index < -0.39 is 0 Å². The molecule has 0 spiro atoms. The van der Waals surface area contributed by atoms with E-state index >= 15 is 0 Å². The summed E-state index contributed by atoms with van der Waals surface area (Å²) >= 11 is 0.